The van der Waals surface area contributed by atoms with E-state index in [9.17, 15) is 5.11 Å². The summed E-state index contributed by atoms with van der Waals surface area (Å²) >= 11 is 0. The second-order valence-corrected chi connectivity index (χ2v) is 10.8. The van der Waals surface area contributed by atoms with Gasteiger partial charge in [-0.05, 0) is 12.8 Å². The highest BCUT2D eigenvalue weighted by Crippen LogP contribution is 2.17. The summed E-state index contributed by atoms with van der Waals surface area (Å²) in [5.41, 5.74) is 1.38. The molecule has 200 valence electrons. The van der Waals surface area contributed by atoms with Crippen molar-refractivity contribution in [1.29, 1.82) is 0 Å². The van der Waals surface area contributed by atoms with Gasteiger partial charge >= 0.3 is 0 Å². The quantitative estimate of drug-likeness (QED) is 0.136. The zero-order valence-electron chi connectivity index (χ0n) is 22.9. The molecule has 0 radical (unpaired) electrons. The summed E-state index contributed by atoms with van der Waals surface area (Å²) in [5.74, 6) is 0. The highest BCUT2D eigenvalue weighted by atomic mass is 35.5. The zero-order valence-corrected chi connectivity index (χ0v) is 23.7. The molecule has 3 heteroatoms. The number of unbranched alkanes of at least 4 members (excludes halogenated alkanes) is 18. The lowest BCUT2D eigenvalue weighted by atomic mass is 10.0. The van der Waals surface area contributed by atoms with E-state index in [1.54, 1.807) is 0 Å². The minimum Gasteiger partial charge on any atom is -1.00 e. The third-order valence-electron chi connectivity index (χ3n) is 7.35. The Morgan fingerprint density at radius 3 is 1.32 bits per heavy atom. The first kappa shape index (κ1) is 33.4. The van der Waals surface area contributed by atoms with Gasteiger partial charge in [-0.2, -0.15) is 0 Å². The van der Waals surface area contributed by atoms with Gasteiger partial charge in [0.15, 0.2) is 0 Å². The van der Waals surface area contributed by atoms with Crippen LogP contribution >= 0.6 is 0 Å². The number of hydrogen-bond acceptors (Lipinski definition) is 1. The molecule has 1 N–H and O–H groups in total. The lowest BCUT2D eigenvalue weighted by molar-refractivity contribution is -0.923. The summed E-state index contributed by atoms with van der Waals surface area (Å²) in [5, 5.41) is 9.52. The summed E-state index contributed by atoms with van der Waals surface area (Å²) in [6.07, 6.45) is 27.1. The van der Waals surface area contributed by atoms with E-state index in [0.29, 0.717) is 0 Å². The number of quaternary nitrogens is 1. The number of halogens is 1. The molecule has 0 aliphatic rings. The number of benzene rings is 1. The van der Waals surface area contributed by atoms with Gasteiger partial charge in [-0.15, -0.1) is 0 Å². The average Bonchev–Trinajstić information content (AvgIpc) is 2.81. The molecule has 1 rings (SSSR count). The second kappa shape index (κ2) is 24.1. The first-order valence-corrected chi connectivity index (χ1v) is 14.7. The maximum absolute atomic E-state index is 9.52. The van der Waals surface area contributed by atoms with Gasteiger partial charge in [0.1, 0.15) is 13.1 Å². The standard InChI is InChI=1S/C31H58NO.ClH/c1-3-4-5-6-7-8-9-10-11-12-13-14-15-16-17-18-19-20-24-27-32(2,28-29-33)30-31-25-22-21-23-26-31;/h21-23,25-26,33H,3-20,24,27-30H2,1-2H3;1H/q+1;/p-1. The third-order valence-corrected chi connectivity index (χ3v) is 7.35. The molecule has 0 aliphatic carbocycles. The van der Waals surface area contributed by atoms with Crippen molar-refractivity contribution in [1.82, 2.24) is 0 Å². The lowest BCUT2D eigenvalue weighted by Gasteiger charge is -2.34. The Morgan fingerprint density at radius 1 is 0.559 bits per heavy atom. The van der Waals surface area contributed by atoms with E-state index >= 15 is 0 Å². The summed E-state index contributed by atoms with van der Waals surface area (Å²) in [4.78, 5) is 0. The number of aliphatic hydroxyl groups is 1. The average molecular weight is 496 g/mol. The molecule has 1 atom stereocenters. The summed E-state index contributed by atoms with van der Waals surface area (Å²) in [6.45, 7) is 5.64. The molecule has 1 aromatic rings. The van der Waals surface area contributed by atoms with Crippen molar-refractivity contribution >= 4 is 0 Å². The Labute approximate surface area is 219 Å². The highest BCUT2D eigenvalue weighted by Gasteiger charge is 2.20. The smallest absolute Gasteiger partial charge is 0.104 e. The molecular formula is C31H58ClNO. The summed E-state index contributed by atoms with van der Waals surface area (Å²) < 4.78 is 0.958. The molecule has 0 spiro atoms. The fourth-order valence-corrected chi connectivity index (χ4v) is 5.11. The Balaban J connectivity index is 0.0000109. The molecule has 0 heterocycles. The van der Waals surface area contributed by atoms with E-state index in [4.69, 9.17) is 0 Å². The van der Waals surface area contributed by atoms with E-state index in [1.807, 2.05) is 0 Å². The Bertz CT molecular complexity index is 523. The number of aliphatic hydroxyl groups excluding tert-OH is 1. The molecular weight excluding hydrogens is 438 g/mol. The van der Waals surface area contributed by atoms with Crippen molar-refractivity contribution in [2.24, 2.45) is 0 Å². The van der Waals surface area contributed by atoms with E-state index in [2.05, 4.69) is 44.3 Å². The second-order valence-electron chi connectivity index (χ2n) is 10.8. The highest BCUT2D eigenvalue weighted by molar-refractivity contribution is 5.13. The molecule has 0 saturated heterocycles. The van der Waals surface area contributed by atoms with Crippen LogP contribution < -0.4 is 12.4 Å². The molecule has 0 saturated carbocycles. The van der Waals surface area contributed by atoms with Crippen molar-refractivity contribution < 1.29 is 22.0 Å². The zero-order chi connectivity index (χ0) is 23.9. The molecule has 2 nitrogen and oxygen atoms in total. The third kappa shape index (κ3) is 19.7. The first-order valence-electron chi connectivity index (χ1n) is 14.7. The monoisotopic (exact) mass is 495 g/mol. The van der Waals surface area contributed by atoms with E-state index in [0.717, 1.165) is 17.6 Å². The van der Waals surface area contributed by atoms with Gasteiger partial charge in [0.25, 0.3) is 0 Å². The van der Waals surface area contributed by atoms with Crippen LogP contribution in [0.25, 0.3) is 0 Å². The summed E-state index contributed by atoms with van der Waals surface area (Å²) in [7, 11) is 2.30. The normalized spacial score (nSPS) is 12.9. The number of likely N-dealkylation sites (N-methyl/N-ethyl adjacent to an activating group) is 1. The SMILES string of the molecule is CCCCCCCCCCCCCCCCCCCCC[N+](C)(CCO)Cc1ccccc1.[Cl-]. The van der Waals surface area contributed by atoms with Crippen LogP contribution in [0.3, 0.4) is 0 Å². The molecule has 1 unspecified atom stereocenters. The van der Waals surface area contributed by atoms with Gasteiger partial charge in [-0.3, -0.25) is 0 Å². The minimum atomic E-state index is 0. The Kier molecular flexibility index (Phi) is 23.7. The lowest BCUT2D eigenvalue weighted by Crippen LogP contribution is -3.00. The van der Waals surface area contributed by atoms with Crippen LogP contribution in [0, 0.1) is 0 Å². The Hall–Kier alpha value is -0.570. The predicted octanol–water partition coefficient (Wildman–Crippen LogP) is 6.06. The van der Waals surface area contributed by atoms with Crippen molar-refractivity contribution in [2.45, 2.75) is 135 Å². The van der Waals surface area contributed by atoms with Crippen LogP contribution in [0.1, 0.15) is 134 Å². The summed E-state index contributed by atoms with van der Waals surface area (Å²) in [6, 6.07) is 10.7. The van der Waals surface area contributed by atoms with E-state index in [1.165, 1.54) is 134 Å². The Morgan fingerprint density at radius 2 is 0.941 bits per heavy atom. The number of nitrogens with zero attached hydrogens (tertiary/aromatic N) is 1. The fourth-order valence-electron chi connectivity index (χ4n) is 5.11. The van der Waals surface area contributed by atoms with Crippen LogP contribution in [-0.4, -0.2) is 36.3 Å². The maximum Gasteiger partial charge on any atom is 0.104 e. The topological polar surface area (TPSA) is 20.2 Å². The fraction of sp³-hybridized carbons (Fsp3) is 0.806. The maximum atomic E-state index is 9.52. The van der Waals surface area contributed by atoms with Crippen LogP contribution in [0.5, 0.6) is 0 Å². The molecule has 1 aromatic carbocycles. The number of rotatable bonds is 24. The largest absolute Gasteiger partial charge is 1.00 e. The van der Waals surface area contributed by atoms with Crippen LogP contribution in [-0.2, 0) is 6.54 Å². The van der Waals surface area contributed by atoms with E-state index < -0.39 is 0 Å². The molecule has 0 aliphatic heterocycles. The van der Waals surface area contributed by atoms with Crippen molar-refractivity contribution in [3.63, 3.8) is 0 Å². The minimum absolute atomic E-state index is 0. The van der Waals surface area contributed by atoms with Crippen LogP contribution in [0.4, 0.5) is 0 Å². The molecule has 34 heavy (non-hydrogen) atoms. The van der Waals surface area contributed by atoms with Gasteiger partial charge in [-0.1, -0.05) is 146 Å². The predicted molar refractivity (Wildman–Crippen MR) is 147 cm³/mol. The van der Waals surface area contributed by atoms with Crippen molar-refractivity contribution in [3.05, 3.63) is 35.9 Å². The van der Waals surface area contributed by atoms with Gasteiger partial charge < -0.3 is 22.0 Å². The van der Waals surface area contributed by atoms with Gasteiger partial charge in [0, 0.05) is 5.56 Å². The first-order chi connectivity index (χ1) is 16.2. The molecule has 0 bridgehead atoms. The van der Waals surface area contributed by atoms with Crippen LogP contribution in [0.2, 0.25) is 0 Å². The molecule has 0 amide bonds. The molecule has 0 aromatic heterocycles. The van der Waals surface area contributed by atoms with Gasteiger partial charge in [0.2, 0.25) is 0 Å². The number of hydrogen-bond donors (Lipinski definition) is 1. The molecule has 0 fully saturated rings. The van der Waals surface area contributed by atoms with E-state index in [-0.39, 0.29) is 19.0 Å². The van der Waals surface area contributed by atoms with Crippen molar-refractivity contribution in [2.75, 3.05) is 26.7 Å². The van der Waals surface area contributed by atoms with Gasteiger partial charge in [0.05, 0.1) is 20.2 Å². The van der Waals surface area contributed by atoms with Crippen LogP contribution in [0.15, 0.2) is 30.3 Å². The van der Waals surface area contributed by atoms with Crippen molar-refractivity contribution in [3.8, 4) is 0 Å². The van der Waals surface area contributed by atoms with Gasteiger partial charge in [-0.25, -0.2) is 0 Å².